The van der Waals surface area contributed by atoms with Gasteiger partial charge in [-0.05, 0) is 38.0 Å². The third-order valence-corrected chi connectivity index (χ3v) is 4.30. The molecule has 3 nitrogen and oxygen atoms in total. The number of nitrogens with one attached hydrogen (secondary N) is 1. The van der Waals surface area contributed by atoms with Gasteiger partial charge in [0.25, 0.3) is 0 Å². The average Bonchev–Trinajstić information content (AvgIpc) is 2.85. The van der Waals surface area contributed by atoms with Crippen LogP contribution < -0.4 is 5.32 Å². The van der Waals surface area contributed by atoms with Crippen molar-refractivity contribution in [3.05, 3.63) is 40.9 Å². The van der Waals surface area contributed by atoms with Crippen LogP contribution in [0.15, 0.2) is 24.4 Å². The van der Waals surface area contributed by atoms with E-state index < -0.39 is 5.82 Å². The lowest BCUT2D eigenvalue weighted by Crippen LogP contribution is -2.14. The molecule has 0 radical (unpaired) electrons. The van der Waals surface area contributed by atoms with Gasteiger partial charge in [0, 0.05) is 17.9 Å². The number of hydrogen-bond donors (Lipinski definition) is 1. The van der Waals surface area contributed by atoms with Crippen molar-refractivity contribution in [2.45, 2.75) is 45.1 Å². The molecule has 1 aliphatic carbocycles. The molecule has 1 fully saturated rings. The zero-order valence-corrected chi connectivity index (χ0v) is 12.8. The van der Waals surface area contributed by atoms with Crippen LogP contribution in [0.2, 0.25) is 5.02 Å². The van der Waals surface area contributed by atoms with Crippen LogP contribution in [0.4, 0.5) is 16.0 Å². The van der Waals surface area contributed by atoms with E-state index in [2.05, 4.69) is 21.1 Å². The van der Waals surface area contributed by atoms with E-state index in [-0.39, 0.29) is 5.02 Å². The first kappa shape index (κ1) is 14.4. The fourth-order valence-corrected chi connectivity index (χ4v) is 3.07. The Labute approximate surface area is 129 Å². The van der Waals surface area contributed by atoms with Gasteiger partial charge in [-0.3, -0.25) is 0 Å². The van der Waals surface area contributed by atoms with Crippen LogP contribution in [0.5, 0.6) is 0 Å². The first-order valence-electron chi connectivity index (χ1n) is 7.41. The van der Waals surface area contributed by atoms with Crippen LogP contribution in [-0.4, -0.2) is 9.55 Å². The van der Waals surface area contributed by atoms with Gasteiger partial charge in [0.15, 0.2) is 0 Å². The van der Waals surface area contributed by atoms with Gasteiger partial charge in [0.1, 0.15) is 5.82 Å². The molecule has 1 N–H and O–H groups in total. The van der Waals surface area contributed by atoms with Crippen LogP contribution in [0, 0.1) is 12.7 Å². The summed E-state index contributed by atoms with van der Waals surface area (Å²) >= 11 is 5.72. The Morgan fingerprint density at radius 1 is 1.29 bits per heavy atom. The normalized spacial score (nSPS) is 16.1. The summed E-state index contributed by atoms with van der Waals surface area (Å²) in [6.07, 6.45) is 8.27. The van der Waals surface area contributed by atoms with Gasteiger partial charge < -0.3 is 9.88 Å². The minimum Gasteiger partial charge on any atom is -0.325 e. The zero-order chi connectivity index (χ0) is 14.8. The van der Waals surface area contributed by atoms with Crippen LogP contribution in [-0.2, 0) is 0 Å². The molecule has 1 aromatic carbocycles. The van der Waals surface area contributed by atoms with Crippen molar-refractivity contribution in [3.63, 3.8) is 0 Å². The number of nitrogens with zero attached hydrogens (tertiary/aromatic N) is 2. The average molecular weight is 308 g/mol. The van der Waals surface area contributed by atoms with Crippen LogP contribution >= 0.6 is 11.6 Å². The predicted molar refractivity (Wildman–Crippen MR) is 83.8 cm³/mol. The maximum Gasteiger partial charge on any atom is 0.207 e. The Morgan fingerprint density at radius 3 is 2.76 bits per heavy atom. The van der Waals surface area contributed by atoms with E-state index >= 15 is 0 Å². The van der Waals surface area contributed by atoms with E-state index in [0.29, 0.717) is 11.7 Å². The van der Waals surface area contributed by atoms with E-state index in [1.165, 1.54) is 38.2 Å². The largest absolute Gasteiger partial charge is 0.325 e. The van der Waals surface area contributed by atoms with Gasteiger partial charge in [0.2, 0.25) is 5.95 Å². The highest BCUT2D eigenvalue weighted by molar-refractivity contribution is 6.30. The van der Waals surface area contributed by atoms with Gasteiger partial charge in [-0.25, -0.2) is 9.37 Å². The molecule has 0 aliphatic heterocycles. The van der Waals surface area contributed by atoms with E-state index in [4.69, 9.17) is 11.6 Å². The maximum atomic E-state index is 13.5. The molecule has 5 heteroatoms. The van der Waals surface area contributed by atoms with E-state index in [1.54, 1.807) is 12.1 Å². The fraction of sp³-hybridized carbons (Fsp3) is 0.438. The zero-order valence-electron chi connectivity index (χ0n) is 12.1. The Hall–Kier alpha value is -1.55. The highest BCUT2D eigenvalue weighted by Crippen LogP contribution is 2.32. The summed E-state index contributed by atoms with van der Waals surface area (Å²) < 4.78 is 15.7. The summed E-state index contributed by atoms with van der Waals surface area (Å²) in [5, 5.41) is 3.34. The molecule has 1 heterocycles. The molecule has 112 valence electrons. The van der Waals surface area contributed by atoms with Gasteiger partial charge >= 0.3 is 0 Å². The van der Waals surface area contributed by atoms with Gasteiger partial charge in [0.05, 0.1) is 10.7 Å². The van der Waals surface area contributed by atoms with Gasteiger partial charge in [-0.1, -0.05) is 30.9 Å². The standard InChI is InChI=1S/C16H19ClFN3/c1-11-10-21(13-5-3-2-4-6-13)16(19-11)20-12-7-8-14(17)15(18)9-12/h7-10,13H,2-6H2,1H3,(H,19,20). The second-order valence-corrected chi connectivity index (χ2v) is 6.07. The number of anilines is 2. The third-order valence-electron chi connectivity index (χ3n) is 4.00. The number of aryl methyl sites for hydroxylation is 1. The van der Waals surface area contributed by atoms with Crippen LogP contribution in [0.3, 0.4) is 0 Å². The SMILES string of the molecule is Cc1cn(C2CCCCC2)c(Nc2ccc(Cl)c(F)c2)n1. The molecule has 0 unspecified atom stereocenters. The van der Waals surface area contributed by atoms with Crippen molar-refractivity contribution < 1.29 is 4.39 Å². The topological polar surface area (TPSA) is 29.9 Å². The second-order valence-electron chi connectivity index (χ2n) is 5.66. The van der Waals surface area contributed by atoms with Crippen LogP contribution in [0.25, 0.3) is 0 Å². The molecule has 1 saturated carbocycles. The van der Waals surface area contributed by atoms with Crippen molar-refractivity contribution in [1.82, 2.24) is 9.55 Å². The molecule has 0 bridgehead atoms. The highest BCUT2D eigenvalue weighted by atomic mass is 35.5. The van der Waals surface area contributed by atoms with Crippen molar-refractivity contribution in [2.75, 3.05) is 5.32 Å². The second kappa shape index (κ2) is 6.06. The number of imidazole rings is 1. The molecule has 1 aromatic heterocycles. The van der Waals surface area contributed by atoms with Crippen molar-refractivity contribution in [3.8, 4) is 0 Å². The Balaban J connectivity index is 1.85. The Morgan fingerprint density at radius 2 is 2.05 bits per heavy atom. The maximum absolute atomic E-state index is 13.5. The van der Waals surface area contributed by atoms with Gasteiger partial charge in [-0.2, -0.15) is 0 Å². The monoisotopic (exact) mass is 307 g/mol. The summed E-state index contributed by atoms with van der Waals surface area (Å²) in [6.45, 7) is 1.98. The predicted octanol–water partition coefficient (Wildman–Crippen LogP) is 5.23. The van der Waals surface area contributed by atoms with Crippen molar-refractivity contribution >= 4 is 23.2 Å². The molecule has 1 aliphatic rings. The summed E-state index contributed by atoms with van der Waals surface area (Å²) in [4.78, 5) is 4.53. The quantitative estimate of drug-likeness (QED) is 0.841. The van der Waals surface area contributed by atoms with E-state index in [1.807, 2.05) is 6.92 Å². The minimum atomic E-state index is -0.422. The van der Waals surface area contributed by atoms with Gasteiger partial charge in [-0.15, -0.1) is 0 Å². The third kappa shape index (κ3) is 3.21. The summed E-state index contributed by atoms with van der Waals surface area (Å²) in [5.41, 5.74) is 1.64. The number of rotatable bonds is 3. The fourth-order valence-electron chi connectivity index (χ4n) is 2.95. The molecule has 0 atom stereocenters. The highest BCUT2D eigenvalue weighted by Gasteiger charge is 2.19. The smallest absolute Gasteiger partial charge is 0.207 e. The van der Waals surface area contributed by atoms with E-state index in [0.717, 1.165) is 11.6 Å². The van der Waals surface area contributed by atoms with Crippen molar-refractivity contribution in [1.29, 1.82) is 0 Å². The Bertz CT molecular complexity index is 632. The van der Waals surface area contributed by atoms with Crippen LogP contribution in [0.1, 0.15) is 43.8 Å². The lowest BCUT2D eigenvalue weighted by Gasteiger charge is -2.24. The summed E-state index contributed by atoms with van der Waals surface area (Å²) in [6, 6.07) is 5.21. The minimum absolute atomic E-state index is 0.132. The number of halogens is 2. The first-order valence-corrected chi connectivity index (χ1v) is 7.79. The molecular weight excluding hydrogens is 289 g/mol. The molecule has 0 spiro atoms. The summed E-state index contributed by atoms with van der Waals surface area (Å²) in [5.74, 6) is 0.357. The number of aromatic nitrogens is 2. The first-order chi connectivity index (χ1) is 10.1. The molecule has 2 aromatic rings. The number of hydrogen-bond acceptors (Lipinski definition) is 2. The van der Waals surface area contributed by atoms with E-state index in [9.17, 15) is 4.39 Å². The summed E-state index contributed by atoms with van der Waals surface area (Å²) in [7, 11) is 0. The molecule has 3 rings (SSSR count). The Kier molecular flexibility index (Phi) is 4.15. The van der Waals surface area contributed by atoms with Crippen molar-refractivity contribution in [2.24, 2.45) is 0 Å². The molecule has 21 heavy (non-hydrogen) atoms. The lowest BCUT2D eigenvalue weighted by molar-refractivity contribution is 0.356. The number of benzene rings is 1. The molecule has 0 saturated heterocycles. The molecule has 0 amide bonds. The molecular formula is C16H19ClFN3. The lowest BCUT2D eigenvalue weighted by atomic mass is 9.95.